The molecule has 0 saturated heterocycles. The van der Waals surface area contributed by atoms with Crippen LogP contribution >= 0.6 is 11.6 Å². The molecular weight excluding hydrogens is 340 g/mol. The minimum Gasteiger partial charge on any atom is -0.465 e. The third kappa shape index (κ3) is 3.83. The lowest BCUT2D eigenvalue weighted by Gasteiger charge is -2.06. The Labute approximate surface area is 150 Å². The summed E-state index contributed by atoms with van der Waals surface area (Å²) in [7, 11) is 1.32. The minimum atomic E-state index is -0.525. The zero-order chi connectivity index (χ0) is 17.8. The van der Waals surface area contributed by atoms with E-state index in [1.54, 1.807) is 24.3 Å². The van der Waals surface area contributed by atoms with E-state index in [0.29, 0.717) is 22.8 Å². The van der Waals surface area contributed by atoms with Crippen LogP contribution in [0.1, 0.15) is 21.5 Å². The third-order valence-corrected chi connectivity index (χ3v) is 3.99. The van der Waals surface area contributed by atoms with Crippen molar-refractivity contribution in [3.8, 4) is 11.3 Å². The molecule has 0 atom stereocenters. The summed E-state index contributed by atoms with van der Waals surface area (Å²) in [4.78, 5) is 12.2. The standard InChI is InChI=1S/C19H17ClN2O3/c1-12-6-8-13(9-7-12)11-21-18-16(19(23)24-2)17(22-25-18)14-4-3-5-15(20)10-14/h3-10,21H,11H2,1-2H3. The molecule has 0 aliphatic carbocycles. The summed E-state index contributed by atoms with van der Waals surface area (Å²) >= 11 is 6.03. The Morgan fingerprint density at radius 2 is 2.00 bits per heavy atom. The molecule has 1 heterocycles. The molecule has 0 unspecified atom stereocenters. The summed E-state index contributed by atoms with van der Waals surface area (Å²) in [5, 5.41) is 7.68. The Bertz CT molecular complexity index is 888. The molecule has 1 N–H and O–H groups in total. The molecule has 5 nitrogen and oxygen atoms in total. The first kappa shape index (κ1) is 17.0. The Morgan fingerprint density at radius 3 is 2.68 bits per heavy atom. The second-order valence-corrected chi connectivity index (χ2v) is 6.01. The number of rotatable bonds is 5. The van der Waals surface area contributed by atoms with Gasteiger partial charge in [-0.1, -0.05) is 58.7 Å². The van der Waals surface area contributed by atoms with Gasteiger partial charge in [-0.15, -0.1) is 0 Å². The number of ether oxygens (including phenoxy) is 1. The van der Waals surface area contributed by atoms with Gasteiger partial charge in [-0.25, -0.2) is 4.79 Å². The minimum absolute atomic E-state index is 0.247. The highest BCUT2D eigenvalue weighted by Gasteiger charge is 2.25. The number of hydrogen-bond donors (Lipinski definition) is 1. The van der Waals surface area contributed by atoms with Crippen LogP contribution in [0.2, 0.25) is 5.02 Å². The lowest BCUT2D eigenvalue weighted by atomic mass is 10.1. The van der Waals surface area contributed by atoms with Gasteiger partial charge >= 0.3 is 5.97 Å². The van der Waals surface area contributed by atoms with E-state index in [1.807, 2.05) is 31.2 Å². The highest BCUT2D eigenvalue weighted by Crippen LogP contribution is 2.31. The van der Waals surface area contributed by atoms with E-state index < -0.39 is 5.97 Å². The average molecular weight is 357 g/mol. The number of anilines is 1. The van der Waals surface area contributed by atoms with Crippen molar-refractivity contribution in [1.82, 2.24) is 5.16 Å². The summed E-state index contributed by atoms with van der Waals surface area (Å²) in [6.07, 6.45) is 0. The zero-order valence-electron chi connectivity index (χ0n) is 13.9. The molecule has 2 aromatic carbocycles. The Morgan fingerprint density at radius 1 is 1.24 bits per heavy atom. The fourth-order valence-electron chi connectivity index (χ4n) is 2.42. The van der Waals surface area contributed by atoms with Crippen LogP contribution < -0.4 is 5.32 Å². The SMILES string of the molecule is COC(=O)c1c(-c2cccc(Cl)c2)noc1NCc1ccc(C)cc1. The zero-order valence-corrected chi connectivity index (χ0v) is 14.6. The maximum atomic E-state index is 12.2. The van der Waals surface area contributed by atoms with Crippen LogP contribution in [0.4, 0.5) is 5.88 Å². The number of hydrogen-bond acceptors (Lipinski definition) is 5. The molecule has 128 valence electrons. The molecular formula is C19H17ClN2O3. The maximum absolute atomic E-state index is 12.2. The molecule has 0 aliphatic rings. The number of aromatic nitrogens is 1. The summed E-state index contributed by atoms with van der Waals surface area (Å²) in [5.74, 6) is -0.259. The van der Waals surface area contributed by atoms with E-state index in [1.165, 1.54) is 12.7 Å². The van der Waals surface area contributed by atoms with Gasteiger partial charge < -0.3 is 14.6 Å². The van der Waals surface area contributed by atoms with Gasteiger partial charge in [0.2, 0.25) is 5.88 Å². The maximum Gasteiger partial charge on any atom is 0.345 e. The van der Waals surface area contributed by atoms with Crippen molar-refractivity contribution in [1.29, 1.82) is 0 Å². The largest absolute Gasteiger partial charge is 0.465 e. The average Bonchev–Trinajstić information content (AvgIpc) is 3.04. The van der Waals surface area contributed by atoms with E-state index in [9.17, 15) is 4.79 Å². The first-order valence-corrected chi connectivity index (χ1v) is 8.09. The first-order valence-electron chi connectivity index (χ1n) is 7.72. The molecule has 0 spiro atoms. The van der Waals surface area contributed by atoms with Crippen molar-refractivity contribution in [2.24, 2.45) is 0 Å². The second kappa shape index (κ2) is 7.40. The van der Waals surface area contributed by atoms with Crippen molar-refractivity contribution in [2.75, 3.05) is 12.4 Å². The van der Waals surface area contributed by atoms with E-state index in [0.717, 1.165) is 5.56 Å². The lowest BCUT2D eigenvalue weighted by Crippen LogP contribution is -2.07. The molecule has 0 fully saturated rings. The highest BCUT2D eigenvalue weighted by molar-refractivity contribution is 6.30. The molecule has 0 saturated carbocycles. The number of aryl methyl sites for hydroxylation is 1. The van der Waals surface area contributed by atoms with Crippen LogP contribution in [-0.2, 0) is 11.3 Å². The van der Waals surface area contributed by atoms with Gasteiger partial charge in [0, 0.05) is 17.1 Å². The molecule has 1 aromatic heterocycles. The number of carbonyl (C=O) groups is 1. The van der Waals surface area contributed by atoms with Crippen molar-refractivity contribution in [2.45, 2.75) is 13.5 Å². The number of methoxy groups -OCH3 is 1. The Balaban J connectivity index is 1.91. The van der Waals surface area contributed by atoms with Crippen molar-refractivity contribution in [3.63, 3.8) is 0 Å². The van der Waals surface area contributed by atoms with Crippen LogP contribution in [0, 0.1) is 6.92 Å². The van der Waals surface area contributed by atoms with Crippen LogP contribution in [0.5, 0.6) is 0 Å². The topological polar surface area (TPSA) is 64.4 Å². The number of halogens is 1. The molecule has 6 heteroatoms. The summed E-state index contributed by atoms with van der Waals surface area (Å²) in [6, 6.07) is 15.1. The molecule has 3 rings (SSSR count). The summed E-state index contributed by atoms with van der Waals surface area (Å²) in [5.41, 5.74) is 3.56. The van der Waals surface area contributed by atoms with Crippen molar-refractivity contribution >= 4 is 23.5 Å². The Hall–Kier alpha value is -2.79. The lowest BCUT2D eigenvalue weighted by molar-refractivity contribution is 0.0602. The number of nitrogens with zero attached hydrogens (tertiary/aromatic N) is 1. The van der Waals surface area contributed by atoms with E-state index in [4.69, 9.17) is 20.9 Å². The molecule has 0 aliphatic heterocycles. The Kier molecular flexibility index (Phi) is 5.05. The first-order chi connectivity index (χ1) is 12.1. The van der Waals surface area contributed by atoms with Crippen LogP contribution in [0.15, 0.2) is 53.1 Å². The molecule has 3 aromatic rings. The van der Waals surface area contributed by atoms with Crippen LogP contribution in [-0.4, -0.2) is 18.2 Å². The van der Waals surface area contributed by atoms with Gasteiger partial charge in [-0.05, 0) is 24.6 Å². The fourth-order valence-corrected chi connectivity index (χ4v) is 2.61. The van der Waals surface area contributed by atoms with E-state index in [-0.39, 0.29) is 11.4 Å². The third-order valence-electron chi connectivity index (χ3n) is 3.75. The number of nitrogens with one attached hydrogen (secondary N) is 1. The summed E-state index contributed by atoms with van der Waals surface area (Å²) < 4.78 is 10.2. The van der Waals surface area contributed by atoms with Gasteiger partial charge in [0.1, 0.15) is 5.69 Å². The predicted molar refractivity (Wildman–Crippen MR) is 96.8 cm³/mol. The number of esters is 1. The van der Waals surface area contributed by atoms with E-state index >= 15 is 0 Å². The fraction of sp³-hybridized carbons (Fsp3) is 0.158. The van der Waals surface area contributed by atoms with Crippen molar-refractivity contribution < 1.29 is 14.1 Å². The van der Waals surface area contributed by atoms with Gasteiger partial charge in [0.15, 0.2) is 5.56 Å². The van der Waals surface area contributed by atoms with Gasteiger partial charge in [0.05, 0.1) is 7.11 Å². The normalized spacial score (nSPS) is 10.5. The summed E-state index contributed by atoms with van der Waals surface area (Å²) in [6.45, 7) is 2.52. The van der Waals surface area contributed by atoms with Gasteiger partial charge in [0.25, 0.3) is 0 Å². The molecule has 25 heavy (non-hydrogen) atoms. The number of benzene rings is 2. The quantitative estimate of drug-likeness (QED) is 0.671. The number of carbonyl (C=O) groups excluding carboxylic acids is 1. The monoisotopic (exact) mass is 356 g/mol. The molecule has 0 bridgehead atoms. The van der Waals surface area contributed by atoms with Gasteiger partial charge in [-0.2, -0.15) is 0 Å². The molecule has 0 amide bonds. The van der Waals surface area contributed by atoms with Gasteiger partial charge in [-0.3, -0.25) is 0 Å². The second-order valence-electron chi connectivity index (χ2n) is 5.58. The smallest absolute Gasteiger partial charge is 0.345 e. The van der Waals surface area contributed by atoms with Crippen molar-refractivity contribution in [3.05, 3.63) is 70.2 Å². The predicted octanol–water partition coefficient (Wildman–Crippen LogP) is 4.70. The highest BCUT2D eigenvalue weighted by atomic mass is 35.5. The molecule has 0 radical (unpaired) electrons. The van der Waals surface area contributed by atoms with Crippen LogP contribution in [0.25, 0.3) is 11.3 Å². The van der Waals surface area contributed by atoms with E-state index in [2.05, 4.69) is 10.5 Å². The van der Waals surface area contributed by atoms with Crippen LogP contribution in [0.3, 0.4) is 0 Å².